The van der Waals surface area contributed by atoms with E-state index in [2.05, 4.69) is 27.7 Å². The van der Waals surface area contributed by atoms with Crippen LogP contribution >= 0.6 is 0 Å². The molecule has 0 fully saturated rings. The number of carboxylic acids is 1. The highest BCUT2D eigenvalue weighted by molar-refractivity contribution is 5.83. The lowest BCUT2D eigenvalue weighted by molar-refractivity contribution is -0.142. The first kappa shape index (κ1) is 35.7. The van der Waals surface area contributed by atoms with Crippen LogP contribution in [0.5, 0.6) is 23.0 Å². The van der Waals surface area contributed by atoms with Gasteiger partial charge in [-0.2, -0.15) is 0 Å². The van der Waals surface area contributed by atoms with Crippen molar-refractivity contribution in [3.63, 3.8) is 0 Å². The van der Waals surface area contributed by atoms with Gasteiger partial charge in [0.05, 0.1) is 21.3 Å². The molecule has 0 radical (unpaired) electrons. The van der Waals surface area contributed by atoms with E-state index < -0.39 is 12.0 Å². The van der Waals surface area contributed by atoms with Crippen LogP contribution in [-0.4, -0.2) is 87.0 Å². The van der Waals surface area contributed by atoms with Gasteiger partial charge in [-0.25, -0.2) is 9.78 Å². The number of carboxylic acid groups (broad SMARTS) is 1. The van der Waals surface area contributed by atoms with Crippen LogP contribution in [0.15, 0.2) is 24.3 Å². The predicted octanol–water partition coefficient (Wildman–Crippen LogP) is 4.96. The normalized spacial score (nSPS) is 13.1. The number of aromatic nitrogens is 1. The largest absolute Gasteiger partial charge is 0.493 e. The van der Waals surface area contributed by atoms with Gasteiger partial charge in [-0.3, -0.25) is 9.69 Å². The topological polar surface area (TPSA) is 131 Å². The number of hydrogen-bond acceptors (Lipinski definition) is 9. The second kappa shape index (κ2) is 18.9. The maximum Gasteiger partial charge on any atom is 0.326 e. The summed E-state index contributed by atoms with van der Waals surface area (Å²) >= 11 is 0. The molecular formula is C34H52N4O7. The van der Waals surface area contributed by atoms with Crippen LogP contribution < -0.4 is 29.6 Å². The van der Waals surface area contributed by atoms with Crippen molar-refractivity contribution in [2.45, 2.75) is 77.7 Å². The number of ether oxygens (including phenoxy) is 4. The van der Waals surface area contributed by atoms with Crippen molar-refractivity contribution in [3.05, 3.63) is 35.5 Å². The molecule has 1 aromatic heterocycles. The first-order valence-electron chi connectivity index (χ1n) is 16.2. The van der Waals surface area contributed by atoms with Crippen LogP contribution in [0.3, 0.4) is 0 Å². The Kier molecular flexibility index (Phi) is 15.0. The molecule has 3 N–H and O–H groups in total. The highest BCUT2D eigenvalue weighted by Gasteiger charge is 2.22. The quantitative estimate of drug-likeness (QED) is 0.163. The van der Waals surface area contributed by atoms with Crippen molar-refractivity contribution >= 4 is 17.7 Å². The van der Waals surface area contributed by atoms with Crippen molar-refractivity contribution in [1.82, 2.24) is 15.2 Å². The molecule has 0 saturated heterocycles. The van der Waals surface area contributed by atoms with Gasteiger partial charge < -0.3 is 34.7 Å². The Bertz CT molecular complexity index is 1200. The van der Waals surface area contributed by atoms with E-state index in [1.165, 1.54) is 5.56 Å². The summed E-state index contributed by atoms with van der Waals surface area (Å²) in [6.45, 7) is 7.27. The summed E-state index contributed by atoms with van der Waals surface area (Å²) in [7, 11) is 4.67. The molecule has 0 bridgehead atoms. The lowest BCUT2D eigenvalue weighted by Crippen LogP contribution is -2.44. The zero-order valence-electron chi connectivity index (χ0n) is 27.7. The Balaban J connectivity index is 1.60. The summed E-state index contributed by atoms with van der Waals surface area (Å²) < 4.78 is 22.4. The van der Waals surface area contributed by atoms with Crippen molar-refractivity contribution in [3.8, 4) is 23.0 Å². The molecule has 0 spiro atoms. The third-order valence-electron chi connectivity index (χ3n) is 8.42. The van der Waals surface area contributed by atoms with E-state index in [1.807, 2.05) is 13.8 Å². The van der Waals surface area contributed by atoms with Crippen LogP contribution in [-0.2, 0) is 22.4 Å². The van der Waals surface area contributed by atoms with Gasteiger partial charge in [0, 0.05) is 43.9 Å². The van der Waals surface area contributed by atoms with Crippen LogP contribution in [0.25, 0.3) is 0 Å². The van der Waals surface area contributed by atoms with Gasteiger partial charge in [0.25, 0.3) is 0 Å². The molecule has 1 atom stereocenters. The average molecular weight is 629 g/mol. The zero-order chi connectivity index (χ0) is 32.6. The summed E-state index contributed by atoms with van der Waals surface area (Å²) in [5, 5.41) is 16.0. The molecule has 1 aliphatic rings. The molecule has 45 heavy (non-hydrogen) atoms. The van der Waals surface area contributed by atoms with E-state index in [4.69, 9.17) is 23.9 Å². The number of aliphatic carboxylic acids is 1. The molecule has 11 nitrogen and oxygen atoms in total. The van der Waals surface area contributed by atoms with E-state index in [0.717, 1.165) is 69.5 Å². The Labute approximate surface area is 268 Å². The number of carbonyl (C=O) groups is 2. The maximum atomic E-state index is 12.6. The summed E-state index contributed by atoms with van der Waals surface area (Å²) in [5.74, 6) is 2.11. The maximum absolute atomic E-state index is 12.6. The Hall–Kier alpha value is -3.73. The number of carbonyl (C=O) groups excluding carboxylic acids is 1. The minimum Gasteiger partial charge on any atom is -0.493 e. The van der Waals surface area contributed by atoms with Gasteiger partial charge in [-0.1, -0.05) is 32.8 Å². The minimum atomic E-state index is -1.02. The number of rotatable bonds is 21. The third kappa shape index (κ3) is 11.3. The number of unbranched alkanes of at least 4 members (excludes halogenated alkanes) is 1. The van der Waals surface area contributed by atoms with Crippen molar-refractivity contribution in [1.29, 1.82) is 0 Å². The van der Waals surface area contributed by atoms with Crippen molar-refractivity contribution < 1.29 is 33.6 Å². The highest BCUT2D eigenvalue weighted by atomic mass is 16.5. The van der Waals surface area contributed by atoms with Crippen LogP contribution in [0.2, 0.25) is 0 Å². The molecule has 1 aromatic carbocycles. The van der Waals surface area contributed by atoms with Gasteiger partial charge in [0.15, 0.2) is 11.5 Å². The summed E-state index contributed by atoms with van der Waals surface area (Å²) in [6.07, 6.45) is 7.35. The number of hydrogen-bond donors (Lipinski definition) is 3. The number of anilines is 1. The average Bonchev–Trinajstić information content (AvgIpc) is 3.06. The first-order valence-corrected chi connectivity index (χ1v) is 16.2. The molecule has 0 saturated carbocycles. The number of nitrogens with one attached hydrogen (secondary N) is 2. The lowest BCUT2D eigenvalue weighted by Gasteiger charge is -2.25. The van der Waals surface area contributed by atoms with Crippen LogP contribution in [0.1, 0.15) is 70.1 Å². The van der Waals surface area contributed by atoms with Crippen molar-refractivity contribution in [2.75, 3.05) is 59.4 Å². The first-order chi connectivity index (χ1) is 21.8. The van der Waals surface area contributed by atoms with E-state index in [1.54, 1.807) is 33.5 Å². The molecule has 0 aliphatic carbocycles. The van der Waals surface area contributed by atoms with E-state index in [-0.39, 0.29) is 11.8 Å². The van der Waals surface area contributed by atoms with E-state index in [9.17, 15) is 14.7 Å². The molecular weight excluding hydrogens is 576 g/mol. The molecule has 3 rings (SSSR count). The predicted molar refractivity (Wildman–Crippen MR) is 175 cm³/mol. The smallest absolute Gasteiger partial charge is 0.326 e. The molecule has 1 unspecified atom stereocenters. The summed E-state index contributed by atoms with van der Waals surface area (Å²) in [4.78, 5) is 31.7. The SMILES string of the molecule is CCC(CC)CC(=O)NC(CCN(CCCCc1ccc2c(n1)NCCC2)CCOc1cc(OC)c(OC)c(OC)c1)C(=O)O. The second-order valence-electron chi connectivity index (χ2n) is 11.5. The van der Waals surface area contributed by atoms with Gasteiger partial charge >= 0.3 is 5.97 Å². The molecule has 250 valence electrons. The second-order valence-corrected chi connectivity index (χ2v) is 11.5. The number of amides is 1. The standard InChI is InChI=1S/C34H52N4O7/c1-6-24(7-2)21-31(39)37-28(34(40)41)15-18-38(17-9-8-12-26-14-13-25-11-10-16-35-33(25)36-26)19-20-45-27-22-29(42-3)32(44-5)30(23-27)43-4/h13-14,22-24,28H,6-12,15-21H2,1-5H3,(H,35,36)(H,37,39)(H,40,41). The molecule has 1 amide bonds. The Morgan fingerprint density at radius 1 is 1.02 bits per heavy atom. The third-order valence-corrected chi connectivity index (χ3v) is 8.42. The Morgan fingerprint density at radius 2 is 1.76 bits per heavy atom. The highest BCUT2D eigenvalue weighted by Crippen LogP contribution is 2.40. The fraction of sp³-hybridized carbons (Fsp3) is 0.618. The summed E-state index contributed by atoms with van der Waals surface area (Å²) in [5.41, 5.74) is 2.36. The number of benzene rings is 1. The number of nitrogens with zero attached hydrogens (tertiary/aromatic N) is 2. The monoisotopic (exact) mass is 628 g/mol. The molecule has 11 heteroatoms. The number of pyridine rings is 1. The van der Waals surface area contributed by atoms with Gasteiger partial charge in [0.2, 0.25) is 11.7 Å². The van der Waals surface area contributed by atoms with E-state index in [0.29, 0.717) is 55.5 Å². The Morgan fingerprint density at radius 3 is 2.40 bits per heavy atom. The number of aryl methyl sites for hydroxylation is 2. The summed E-state index contributed by atoms with van der Waals surface area (Å²) in [6, 6.07) is 6.86. The lowest BCUT2D eigenvalue weighted by atomic mass is 9.99. The van der Waals surface area contributed by atoms with Crippen LogP contribution in [0.4, 0.5) is 5.82 Å². The van der Waals surface area contributed by atoms with Crippen molar-refractivity contribution in [2.24, 2.45) is 5.92 Å². The van der Waals surface area contributed by atoms with E-state index >= 15 is 0 Å². The minimum absolute atomic E-state index is 0.208. The number of methoxy groups -OCH3 is 3. The molecule has 2 heterocycles. The van der Waals surface area contributed by atoms with Gasteiger partial charge in [0.1, 0.15) is 24.2 Å². The number of fused-ring (bicyclic) bond motifs is 1. The fourth-order valence-electron chi connectivity index (χ4n) is 5.58. The van der Waals surface area contributed by atoms with Gasteiger partial charge in [-0.05, 0) is 62.6 Å². The molecule has 2 aromatic rings. The zero-order valence-corrected chi connectivity index (χ0v) is 27.7. The fourth-order valence-corrected chi connectivity index (χ4v) is 5.58. The molecule has 1 aliphatic heterocycles. The van der Waals surface area contributed by atoms with Crippen LogP contribution in [0, 0.1) is 5.92 Å². The van der Waals surface area contributed by atoms with Gasteiger partial charge in [-0.15, -0.1) is 0 Å².